The van der Waals surface area contributed by atoms with E-state index < -0.39 is 9.84 Å². The number of rotatable bonds is 10. The van der Waals surface area contributed by atoms with E-state index in [0.717, 1.165) is 22.4 Å². The summed E-state index contributed by atoms with van der Waals surface area (Å²) in [7, 11) is -3.52. The number of nitrogens with zero attached hydrogens (tertiary/aromatic N) is 2. The number of hydrogen-bond acceptors (Lipinski definition) is 9. The second-order valence-electron chi connectivity index (χ2n) is 9.02. The van der Waals surface area contributed by atoms with Gasteiger partial charge in [0, 0.05) is 23.0 Å². The number of aliphatic imine (C=N–C) groups is 1. The molecule has 4 aromatic rings. The minimum absolute atomic E-state index is 0.00326. The van der Waals surface area contributed by atoms with Gasteiger partial charge in [-0.2, -0.15) is 0 Å². The van der Waals surface area contributed by atoms with Crippen molar-refractivity contribution in [2.24, 2.45) is 4.99 Å². The van der Waals surface area contributed by atoms with Gasteiger partial charge in [-0.3, -0.25) is 9.79 Å². The summed E-state index contributed by atoms with van der Waals surface area (Å²) in [6, 6.07) is 17.2. The number of pyridine rings is 1. The minimum atomic E-state index is -3.52. The fourth-order valence-electron chi connectivity index (χ4n) is 4.20. The zero-order valence-electron chi connectivity index (χ0n) is 21.7. The quantitative estimate of drug-likeness (QED) is 0.179. The Bertz CT molecular complexity index is 1700. The molecule has 5 rings (SSSR count). The Morgan fingerprint density at radius 1 is 1.12 bits per heavy atom. The maximum atomic E-state index is 12.3. The molecule has 208 valence electrons. The number of H-pyrrole nitrogens is 1. The molecule has 1 aliphatic heterocycles. The Morgan fingerprint density at radius 2 is 1.95 bits per heavy atom. The van der Waals surface area contributed by atoms with Crippen LogP contribution >= 0.6 is 23.4 Å². The van der Waals surface area contributed by atoms with Crippen LogP contribution in [0.15, 0.2) is 70.6 Å². The molecule has 0 aliphatic carbocycles. The number of benzene rings is 2. The molecule has 1 atom stereocenters. The molecule has 0 amide bonds. The number of carbonyl (C=O) groups is 1. The van der Waals surface area contributed by atoms with Gasteiger partial charge in [0.15, 0.2) is 9.84 Å². The molecule has 0 spiro atoms. The van der Waals surface area contributed by atoms with Gasteiger partial charge in [0.1, 0.15) is 38.9 Å². The van der Waals surface area contributed by atoms with Gasteiger partial charge in [0.25, 0.3) is 0 Å². The van der Waals surface area contributed by atoms with Crippen molar-refractivity contribution in [3.8, 4) is 17.2 Å². The zero-order chi connectivity index (χ0) is 28.3. The van der Waals surface area contributed by atoms with Crippen LogP contribution in [0.4, 0.5) is 0 Å². The summed E-state index contributed by atoms with van der Waals surface area (Å²) >= 11 is 7.56. The van der Waals surface area contributed by atoms with Crippen LogP contribution in [0.3, 0.4) is 0 Å². The van der Waals surface area contributed by atoms with E-state index in [-0.39, 0.29) is 34.9 Å². The third kappa shape index (κ3) is 6.60. The monoisotopic (exact) mass is 599 g/mol. The number of carbonyl (C=O) groups excluding carboxylic acids is 1. The van der Waals surface area contributed by atoms with Crippen LogP contribution in [0.5, 0.6) is 17.2 Å². The molecule has 0 bridgehead atoms. The largest absolute Gasteiger partial charge is 0.485 e. The average Bonchev–Trinajstić information content (AvgIpc) is 3.54. The number of fused-ring (bicyclic) bond motifs is 1. The Morgan fingerprint density at radius 3 is 2.73 bits per heavy atom. The van der Waals surface area contributed by atoms with Crippen LogP contribution in [-0.4, -0.2) is 54.1 Å². The third-order valence-corrected chi connectivity index (χ3v) is 8.51. The van der Waals surface area contributed by atoms with Gasteiger partial charge in [-0.05, 0) is 43.3 Å². The smallest absolute Gasteiger partial charge is 0.306 e. The second kappa shape index (κ2) is 11.9. The summed E-state index contributed by atoms with van der Waals surface area (Å²) in [5.74, 6) is 0.836. The molecular weight excluding hydrogens is 574 g/mol. The van der Waals surface area contributed by atoms with Gasteiger partial charge >= 0.3 is 5.97 Å². The molecule has 1 N–H and O–H groups in total. The normalized spacial score (nSPS) is 15.2. The summed E-state index contributed by atoms with van der Waals surface area (Å²) in [6.07, 6.45) is 1.42. The average molecular weight is 600 g/mol. The standard InChI is InChI=1S/C28H26ClN3O6S2/c1-3-36-26(33)14-20-15-30-28(39-20)21-12-17-11-19(38-22-8-4-5-9-24(22)40(2,34)35)13-23(27(17)32-21)37-16-18-7-6-10-25(29)31-18/h4-13,20,32H,3,14-16H2,1-2H3. The van der Waals surface area contributed by atoms with E-state index in [1.54, 1.807) is 55.5 Å². The first-order valence-corrected chi connectivity index (χ1v) is 15.6. The second-order valence-corrected chi connectivity index (χ2v) is 12.7. The molecule has 2 aromatic heterocycles. The predicted molar refractivity (Wildman–Crippen MR) is 156 cm³/mol. The van der Waals surface area contributed by atoms with E-state index in [4.69, 9.17) is 25.8 Å². The van der Waals surface area contributed by atoms with Gasteiger partial charge in [0.05, 0.1) is 36.5 Å². The molecule has 0 saturated carbocycles. The molecule has 40 heavy (non-hydrogen) atoms. The zero-order valence-corrected chi connectivity index (χ0v) is 24.1. The fourth-order valence-corrected chi connectivity index (χ4v) is 6.25. The molecule has 3 heterocycles. The van der Waals surface area contributed by atoms with Crippen LogP contribution in [-0.2, 0) is 26.0 Å². The lowest BCUT2D eigenvalue weighted by atomic mass is 10.2. The SMILES string of the molecule is CCOC(=O)CC1CN=C(c2cc3cc(Oc4ccccc4S(C)(=O)=O)cc(OCc4cccc(Cl)n4)c3[nH]2)S1. The highest BCUT2D eigenvalue weighted by molar-refractivity contribution is 8.15. The number of ether oxygens (including phenoxy) is 3. The first kappa shape index (κ1) is 28.0. The Balaban J connectivity index is 1.47. The molecule has 12 heteroatoms. The molecule has 9 nitrogen and oxygen atoms in total. The van der Waals surface area contributed by atoms with E-state index in [0.29, 0.717) is 41.0 Å². The molecule has 2 aromatic carbocycles. The summed E-state index contributed by atoms with van der Waals surface area (Å²) in [5.41, 5.74) is 2.11. The number of hydrogen-bond donors (Lipinski definition) is 1. The third-order valence-electron chi connectivity index (χ3n) is 5.94. The lowest BCUT2D eigenvalue weighted by Gasteiger charge is -2.13. The first-order valence-electron chi connectivity index (χ1n) is 12.4. The van der Waals surface area contributed by atoms with Gasteiger partial charge in [-0.25, -0.2) is 13.4 Å². The number of nitrogens with one attached hydrogen (secondary N) is 1. The van der Waals surface area contributed by atoms with Crippen LogP contribution in [0, 0.1) is 0 Å². The maximum absolute atomic E-state index is 12.3. The minimum Gasteiger partial charge on any atom is -0.485 e. The summed E-state index contributed by atoms with van der Waals surface area (Å²) in [6.45, 7) is 2.78. The molecule has 1 aliphatic rings. The summed E-state index contributed by atoms with van der Waals surface area (Å²) < 4.78 is 41.9. The number of esters is 1. The highest BCUT2D eigenvalue weighted by Gasteiger charge is 2.25. The lowest BCUT2D eigenvalue weighted by Crippen LogP contribution is -2.14. The molecular formula is C28H26ClN3O6S2. The molecule has 1 unspecified atom stereocenters. The van der Waals surface area contributed by atoms with Gasteiger partial charge in [0.2, 0.25) is 0 Å². The Kier molecular flexibility index (Phi) is 8.34. The van der Waals surface area contributed by atoms with Crippen LogP contribution < -0.4 is 9.47 Å². The summed E-state index contributed by atoms with van der Waals surface area (Å²) in [4.78, 5) is 24.3. The van der Waals surface area contributed by atoms with Crippen LogP contribution in [0.1, 0.15) is 24.7 Å². The van der Waals surface area contributed by atoms with E-state index in [2.05, 4.69) is 15.0 Å². The van der Waals surface area contributed by atoms with E-state index in [9.17, 15) is 13.2 Å². The molecule has 0 radical (unpaired) electrons. The highest BCUT2D eigenvalue weighted by Crippen LogP contribution is 2.37. The van der Waals surface area contributed by atoms with Crippen molar-refractivity contribution in [3.05, 3.63) is 77.2 Å². The van der Waals surface area contributed by atoms with Crippen molar-refractivity contribution in [2.75, 3.05) is 19.4 Å². The molecule has 0 saturated heterocycles. The van der Waals surface area contributed by atoms with Crippen molar-refractivity contribution in [2.45, 2.75) is 30.1 Å². The van der Waals surface area contributed by atoms with E-state index in [1.807, 2.05) is 6.07 Å². The number of sulfone groups is 1. The van der Waals surface area contributed by atoms with E-state index >= 15 is 0 Å². The summed E-state index contributed by atoms with van der Waals surface area (Å²) in [5, 5.41) is 1.90. The maximum Gasteiger partial charge on any atom is 0.306 e. The van der Waals surface area contributed by atoms with Crippen molar-refractivity contribution in [1.29, 1.82) is 0 Å². The fraction of sp³-hybridized carbons (Fsp3) is 0.250. The number of thioether (sulfide) groups is 1. The number of para-hydroxylation sites is 1. The number of aromatic amines is 1. The van der Waals surface area contributed by atoms with Gasteiger partial charge in [-0.1, -0.05) is 41.6 Å². The number of aromatic nitrogens is 2. The van der Waals surface area contributed by atoms with Crippen molar-refractivity contribution in [3.63, 3.8) is 0 Å². The Labute approximate surface area is 240 Å². The van der Waals surface area contributed by atoms with E-state index in [1.165, 1.54) is 17.8 Å². The van der Waals surface area contributed by atoms with Crippen molar-refractivity contribution >= 4 is 55.1 Å². The topological polar surface area (TPSA) is 120 Å². The van der Waals surface area contributed by atoms with Gasteiger partial charge < -0.3 is 19.2 Å². The highest BCUT2D eigenvalue weighted by atomic mass is 35.5. The molecule has 0 fully saturated rings. The number of halogens is 1. The predicted octanol–water partition coefficient (Wildman–Crippen LogP) is 5.81. The van der Waals surface area contributed by atoms with Crippen molar-refractivity contribution < 1.29 is 27.4 Å². The lowest BCUT2D eigenvalue weighted by molar-refractivity contribution is -0.143. The first-order chi connectivity index (χ1) is 19.2. The van der Waals surface area contributed by atoms with Crippen LogP contribution in [0.25, 0.3) is 10.9 Å². The Hall–Kier alpha value is -3.54. The van der Waals surface area contributed by atoms with Crippen LogP contribution in [0.2, 0.25) is 5.15 Å². The van der Waals surface area contributed by atoms with Crippen molar-refractivity contribution in [1.82, 2.24) is 9.97 Å². The van der Waals surface area contributed by atoms with Gasteiger partial charge in [-0.15, -0.1) is 0 Å².